The lowest BCUT2D eigenvalue weighted by atomic mass is 10.0. The molecule has 0 unspecified atom stereocenters. The monoisotopic (exact) mass is 390 g/mol. The van der Waals surface area contributed by atoms with Crippen LogP contribution >= 0.6 is 15.9 Å². The van der Waals surface area contributed by atoms with Gasteiger partial charge in [-0.15, -0.1) is 0 Å². The van der Waals surface area contributed by atoms with Gasteiger partial charge < -0.3 is 5.32 Å². The van der Waals surface area contributed by atoms with Crippen molar-refractivity contribution in [2.24, 2.45) is 5.92 Å². The zero-order valence-electron chi connectivity index (χ0n) is 13.4. The van der Waals surface area contributed by atoms with Gasteiger partial charge in [0.25, 0.3) is 0 Å². The van der Waals surface area contributed by atoms with E-state index in [1.54, 1.807) is 12.1 Å². The van der Waals surface area contributed by atoms with Gasteiger partial charge in [-0.25, -0.2) is 4.39 Å². The molecule has 5 heteroatoms. The fourth-order valence-electron chi connectivity index (χ4n) is 2.77. The summed E-state index contributed by atoms with van der Waals surface area (Å²) in [6.45, 7) is 1.81. The molecule has 3 nitrogen and oxygen atoms in total. The van der Waals surface area contributed by atoms with Crippen LogP contribution in [0.15, 0.2) is 53.0 Å². The minimum absolute atomic E-state index is 0.154. The van der Waals surface area contributed by atoms with Crippen LogP contribution in [0.25, 0.3) is 0 Å². The molecule has 0 saturated heterocycles. The van der Waals surface area contributed by atoms with E-state index in [1.807, 2.05) is 25.1 Å². The van der Waals surface area contributed by atoms with E-state index in [-0.39, 0.29) is 17.6 Å². The average Bonchev–Trinajstić information content (AvgIpc) is 3.40. The predicted molar refractivity (Wildman–Crippen MR) is 97.2 cm³/mol. The normalized spacial score (nSPS) is 16.5. The number of nitrogens with one attached hydrogen (secondary N) is 2. The molecule has 1 amide bonds. The fourth-order valence-corrected chi connectivity index (χ4v) is 3.10. The Hall–Kier alpha value is -1.72. The van der Waals surface area contributed by atoms with Gasteiger partial charge in [0.15, 0.2) is 0 Å². The molecule has 0 radical (unpaired) electrons. The molecule has 1 saturated carbocycles. The van der Waals surface area contributed by atoms with Crippen LogP contribution in [-0.2, 0) is 4.79 Å². The smallest absolute Gasteiger partial charge is 0.241 e. The third kappa shape index (κ3) is 4.22. The summed E-state index contributed by atoms with van der Waals surface area (Å²) in [6.07, 6.45) is 2.34. The molecule has 1 aliphatic carbocycles. The van der Waals surface area contributed by atoms with Crippen LogP contribution in [0.1, 0.15) is 31.4 Å². The molecule has 2 aromatic rings. The molecule has 0 spiro atoms. The summed E-state index contributed by atoms with van der Waals surface area (Å²) in [5.41, 5.74) is 1.38. The molecule has 1 fully saturated rings. The molecule has 0 heterocycles. The number of carbonyl (C=O) groups excluding carboxylic acids is 1. The third-order valence-electron chi connectivity index (χ3n) is 4.26. The van der Waals surface area contributed by atoms with Crippen molar-refractivity contribution in [2.45, 2.75) is 31.8 Å². The maximum absolute atomic E-state index is 13.9. The molecular formula is C19H20BrFN2O. The SMILES string of the molecule is C[C@H](N[C@@H](c1ccccc1)C1CC1)C(=O)Nc1ccc(Br)cc1F. The number of rotatable bonds is 6. The average molecular weight is 391 g/mol. The number of amides is 1. The van der Waals surface area contributed by atoms with Crippen LogP contribution in [0.4, 0.5) is 10.1 Å². The number of hydrogen-bond acceptors (Lipinski definition) is 2. The summed E-state index contributed by atoms with van der Waals surface area (Å²) in [4.78, 5) is 12.4. The Kier molecular flexibility index (Phi) is 5.31. The number of benzene rings is 2. The Labute approximate surface area is 149 Å². The first-order valence-corrected chi connectivity index (χ1v) is 8.91. The topological polar surface area (TPSA) is 41.1 Å². The van der Waals surface area contributed by atoms with Crippen LogP contribution in [0, 0.1) is 11.7 Å². The van der Waals surface area contributed by atoms with Gasteiger partial charge in [-0.3, -0.25) is 10.1 Å². The van der Waals surface area contributed by atoms with Crippen molar-refractivity contribution < 1.29 is 9.18 Å². The minimum Gasteiger partial charge on any atom is -0.322 e. The Morgan fingerprint density at radius 3 is 2.54 bits per heavy atom. The number of hydrogen-bond donors (Lipinski definition) is 2. The van der Waals surface area contributed by atoms with Crippen molar-refractivity contribution in [3.05, 3.63) is 64.4 Å². The number of halogens is 2. The van der Waals surface area contributed by atoms with Crippen molar-refractivity contribution in [2.75, 3.05) is 5.32 Å². The lowest BCUT2D eigenvalue weighted by Gasteiger charge is -2.23. The second kappa shape index (κ2) is 7.45. The van der Waals surface area contributed by atoms with E-state index in [1.165, 1.54) is 24.5 Å². The van der Waals surface area contributed by atoms with Gasteiger partial charge in [0, 0.05) is 10.5 Å². The van der Waals surface area contributed by atoms with Gasteiger partial charge >= 0.3 is 0 Å². The number of carbonyl (C=O) groups is 1. The highest BCUT2D eigenvalue weighted by atomic mass is 79.9. The van der Waals surface area contributed by atoms with E-state index in [4.69, 9.17) is 0 Å². The maximum atomic E-state index is 13.9. The van der Waals surface area contributed by atoms with E-state index in [2.05, 4.69) is 38.7 Å². The highest BCUT2D eigenvalue weighted by molar-refractivity contribution is 9.10. The standard InChI is InChI=1S/C19H20BrFN2O/c1-12(19(24)23-17-10-9-15(20)11-16(17)21)22-18(14-7-8-14)13-5-3-2-4-6-13/h2-6,9-12,14,18,22H,7-8H2,1H3,(H,23,24)/t12-,18-/m0/s1. The van der Waals surface area contributed by atoms with Crippen LogP contribution in [0.3, 0.4) is 0 Å². The molecule has 126 valence electrons. The van der Waals surface area contributed by atoms with E-state index in [9.17, 15) is 9.18 Å². The highest BCUT2D eigenvalue weighted by Crippen LogP contribution is 2.41. The summed E-state index contributed by atoms with van der Waals surface area (Å²) in [7, 11) is 0. The van der Waals surface area contributed by atoms with Gasteiger partial charge in [-0.1, -0.05) is 46.3 Å². The van der Waals surface area contributed by atoms with E-state index in [0.29, 0.717) is 10.4 Å². The van der Waals surface area contributed by atoms with Gasteiger partial charge in [0.05, 0.1) is 11.7 Å². The first-order valence-electron chi connectivity index (χ1n) is 8.11. The van der Waals surface area contributed by atoms with Crippen molar-refractivity contribution in [3.8, 4) is 0 Å². The van der Waals surface area contributed by atoms with Gasteiger partial charge in [-0.05, 0) is 49.4 Å². The van der Waals surface area contributed by atoms with Crippen molar-refractivity contribution >= 4 is 27.5 Å². The highest BCUT2D eigenvalue weighted by Gasteiger charge is 2.34. The molecular weight excluding hydrogens is 371 g/mol. The Morgan fingerprint density at radius 1 is 1.21 bits per heavy atom. The molecule has 2 N–H and O–H groups in total. The third-order valence-corrected chi connectivity index (χ3v) is 4.76. The fraction of sp³-hybridized carbons (Fsp3) is 0.316. The zero-order chi connectivity index (χ0) is 17.1. The molecule has 24 heavy (non-hydrogen) atoms. The van der Waals surface area contributed by atoms with Crippen molar-refractivity contribution in [1.82, 2.24) is 5.32 Å². The van der Waals surface area contributed by atoms with Crippen LogP contribution in [0.2, 0.25) is 0 Å². The van der Waals surface area contributed by atoms with Gasteiger partial charge in [0.1, 0.15) is 5.82 Å². The Balaban J connectivity index is 1.66. The second-order valence-electron chi connectivity index (χ2n) is 6.23. The summed E-state index contributed by atoms with van der Waals surface area (Å²) < 4.78 is 14.5. The molecule has 2 aromatic carbocycles. The van der Waals surface area contributed by atoms with Crippen LogP contribution in [-0.4, -0.2) is 11.9 Å². The summed E-state index contributed by atoms with van der Waals surface area (Å²) >= 11 is 3.21. The summed E-state index contributed by atoms with van der Waals surface area (Å²) in [5.74, 6) is -0.128. The molecule has 0 bridgehead atoms. The molecule has 2 atom stereocenters. The quantitative estimate of drug-likeness (QED) is 0.752. The number of anilines is 1. The molecule has 1 aliphatic rings. The maximum Gasteiger partial charge on any atom is 0.241 e. The van der Waals surface area contributed by atoms with E-state index in [0.717, 1.165) is 0 Å². The lowest BCUT2D eigenvalue weighted by Crippen LogP contribution is -2.41. The van der Waals surface area contributed by atoms with Crippen LogP contribution in [0.5, 0.6) is 0 Å². The molecule has 0 aromatic heterocycles. The first-order chi connectivity index (χ1) is 11.5. The van der Waals surface area contributed by atoms with E-state index < -0.39 is 11.9 Å². The van der Waals surface area contributed by atoms with Crippen LogP contribution < -0.4 is 10.6 Å². The van der Waals surface area contributed by atoms with Crippen molar-refractivity contribution in [1.29, 1.82) is 0 Å². The first kappa shape index (κ1) is 17.1. The zero-order valence-corrected chi connectivity index (χ0v) is 15.0. The molecule has 3 rings (SSSR count). The summed E-state index contributed by atoms with van der Waals surface area (Å²) in [5, 5.41) is 6.06. The predicted octanol–water partition coefficient (Wildman–Crippen LogP) is 4.66. The minimum atomic E-state index is -0.452. The molecule has 0 aliphatic heterocycles. The Bertz CT molecular complexity index is 719. The summed E-state index contributed by atoms with van der Waals surface area (Å²) in [6, 6.07) is 14.5. The largest absolute Gasteiger partial charge is 0.322 e. The van der Waals surface area contributed by atoms with Crippen molar-refractivity contribution in [3.63, 3.8) is 0 Å². The Morgan fingerprint density at radius 2 is 1.92 bits per heavy atom. The lowest BCUT2D eigenvalue weighted by molar-refractivity contribution is -0.118. The van der Waals surface area contributed by atoms with Gasteiger partial charge in [0.2, 0.25) is 5.91 Å². The second-order valence-corrected chi connectivity index (χ2v) is 7.14. The van der Waals surface area contributed by atoms with E-state index >= 15 is 0 Å². The van der Waals surface area contributed by atoms with Gasteiger partial charge in [-0.2, -0.15) is 0 Å².